The van der Waals surface area contributed by atoms with Gasteiger partial charge >= 0.3 is 0 Å². The molecule has 2 aromatic heterocycles. The monoisotopic (exact) mass is 856 g/mol. The average Bonchev–Trinajstić information content (AvgIpc) is 4.00. The highest BCUT2D eigenvalue weighted by molar-refractivity contribution is 7.03. The van der Waals surface area contributed by atoms with E-state index in [1.54, 1.807) is 0 Å². The third-order valence-electron chi connectivity index (χ3n) is 15.0. The van der Waals surface area contributed by atoms with Crippen molar-refractivity contribution in [2.75, 3.05) is 4.90 Å². The predicted molar refractivity (Wildman–Crippen MR) is 284 cm³/mol. The van der Waals surface area contributed by atoms with Crippen molar-refractivity contribution >= 4 is 95.1 Å². The van der Waals surface area contributed by atoms with E-state index in [0.29, 0.717) is 0 Å². The van der Waals surface area contributed by atoms with Crippen molar-refractivity contribution in [1.82, 2.24) is 4.40 Å². The zero-order valence-electron chi connectivity index (χ0n) is 36.9. The van der Waals surface area contributed by atoms with Crippen LogP contribution in [0.15, 0.2) is 218 Å². The lowest BCUT2D eigenvalue weighted by Gasteiger charge is -2.28. The Balaban J connectivity index is 0.938. The van der Waals surface area contributed by atoms with Crippen LogP contribution in [0.2, 0.25) is 13.1 Å². The van der Waals surface area contributed by atoms with Crippen molar-refractivity contribution in [2.45, 2.75) is 19.5 Å². The van der Waals surface area contributed by atoms with Crippen LogP contribution in [0.1, 0.15) is 11.1 Å². The molecule has 2 nitrogen and oxygen atoms in total. The number of rotatable bonds is 5. The number of aromatic nitrogens is 1. The molecule has 310 valence electrons. The number of nitrogens with zero attached hydrogens (tertiary/aromatic N) is 2. The van der Waals surface area contributed by atoms with Crippen LogP contribution in [0.25, 0.3) is 93.0 Å². The van der Waals surface area contributed by atoms with Crippen molar-refractivity contribution in [3.63, 3.8) is 0 Å². The van der Waals surface area contributed by atoms with Crippen LogP contribution in [-0.4, -0.2) is 12.5 Å². The maximum absolute atomic E-state index is 2.54. The van der Waals surface area contributed by atoms with Gasteiger partial charge in [0, 0.05) is 38.6 Å². The second-order valence-corrected chi connectivity index (χ2v) is 23.2. The Hall–Kier alpha value is -7.98. The summed E-state index contributed by atoms with van der Waals surface area (Å²) >= 11 is 0. The molecule has 0 spiro atoms. The molecule has 2 aliphatic rings. The van der Waals surface area contributed by atoms with Gasteiger partial charge in [-0.1, -0.05) is 177 Å². The van der Waals surface area contributed by atoms with Crippen molar-refractivity contribution < 1.29 is 0 Å². The van der Waals surface area contributed by atoms with E-state index in [-0.39, 0.29) is 0 Å². The third kappa shape index (κ3) is 5.35. The lowest BCUT2D eigenvalue weighted by molar-refractivity contribution is 1.27. The molecule has 3 heterocycles. The fraction of sp³-hybridized carbons (Fsp3) is 0.0476. The molecule has 0 saturated carbocycles. The zero-order chi connectivity index (χ0) is 43.7. The Morgan fingerprint density at radius 2 is 0.879 bits per heavy atom. The van der Waals surface area contributed by atoms with Crippen LogP contribution >= 0.6 is 0 Å². The molecule has 1 aliphatic carbocycles. The molecule has 0 bridgehead atoms. The Morgan fingerprint density at radius 1 is 0.364 bits per heavy atom. The Bertz CT molecular complexity index is 4030. The fourth-order valence-electron chi connectivity index (χ4n) is 11.9. The van der Waals surface area contributed by atoms with Gasteiger partial charge in [0.25, 0.3) is 0 Å². The largest absolute Gasteiger partial charge is 0.311 e. The molecule has 10 aromatic carbocycles. The highest BCUT2D eigenvalue weighted by Crippen LogP contribution is 2.45. The highest BCUT2D eigenvalue weighted by Gasteiger charge is 2.37. The third-order valence-corrected chi connectivity index (χ3v) is 18.5. The molecule has 0 unspecified atom stereocenters. The standard InChI is InChI=1S/C63H44N2Si/c1-66(2)59-24-9-7-18-50(59)51-35-34-48(39-60(51)66)64(46-30-25-41(26-31-46)40-13-4-3-5-14-40)47-32-27-42(28-33-47)43-29-36-58-56(38-43)55-22-12-21-54-53-20-11-16-45-37-44-15-10-19-52(61(44)62(45)53)49-17-6-8-23-57(49)65(58)63(54)55/h3-36,38-39H,37H2,1-2H3. The van der Waals surface area contributed by atoms with Gasteiger partial charge in [-0.3, -0.25) is 0 Å². The number of anilines is 3. The summed E-state index contributed by atoms with van der Waals surface area (Å²) < 4.78 is 2.54. The number of hydrogen-bond acceptors (Lipinski definition) is 1. The van der Waals surface area contributed by atoms with E-state index in [2.05, 4.69) is 241 Å². The predicted octanol–water partition coefficient (Wildman–Crippen LogP) is 15.8. The molecule has 0 N–H and O–H groups in total. The van der Waals surface area contributed by atoms with Crippen molar-refractivity contribution in [2.24, 2.45) is 0 Å². The molecule has 3 heteroatoms. The Morgan fingerprint density at radius 3 is 1.62 bits per heavy atom. The van der Waals surface area contributed by atoms with Crippen molar-refractivity contribution in [1.29, 1.82) is 0 Å². The lowest BCUT2D eigenvalue weighted by Crippen LogP contribution is -2.49. The van der Waals surface area contributed by atoms with Crippen LogP contribution in [0.4, 0.5) is 17.1 Å². The average molecular weight is 857 g/mol. The maximum atomic E-state index is 2.54. The molecule has 0 amide bonds. The summed E-state index contributed by atoms with van der Waals surface area (Å²) in [5, 5.41) is 13.5. The first kappa shape index (κ1) is 37.4. The lowest BCUT2D eigenvalue weighted by atomic mass is 9.99. The van der Waals surface area contributed by atoms with Gasteiger partial charge in [-0.25, -0.2) is 0 Å². The second kappa shape index (κ2) is 14.0. The molecule has 14 rings (SSSR count). The first-order chi connectivity index (χ1) is 32.5. The van der Waals surface area contributed by atoms with Crippen LogP contribution < -0.4 is 15.3 Å². The summed E-state index contributed by atoms with van der Waals surface area (Å²) in [5.74, 6) is 0. The van der Waals surface area contributed by atoms with Gasteiger partial charge in [0.05, 0.1) is 16.6 Å². The summed E-state index contributed by atoms with van der Waals surface area (Å²) in [7, 11) is -1.90. The van der Waals surface area contributed by atoms with Gasteiger partial charge < -0.3 is 9.30 Å². The minimum atomic E-state index is -1.90. The molecule has 0 fully saturated rings. The van der Waals surface area contributed by atoms with E-state index in [1.165, 1.54) is 120 Å². The van der Waals surface area contributed by atoms with Crippen molar-refractivity contribution in [3.05, 3.63) is 230 Å². The number of fused-ring (bicyclic) bond motifs is 10. The minimum absolute atomic E-state index is 0.968. The molecule has 0 radical (unpaired) electrons. The fourth-order valence-corrected chi connectivity index (χ4v) is 15.0. The first-order valence-corrected chi connectivity index (χ1v) is 26.2. The smallest absolute Gasteiger partial charge is 0.113 e. The van der Waals surface area contributed by atoms with Gasteiger partial charge in [-0.15, -0.1) is 0 Å². The summed E-state index contributed by atoms with van der Waals surface area (Å²) in [6.45, 7) is 5.00. The number of hydrogen-bond donors (Lipinski definition) is 0. The number of para-hydroxylation sites is 2. The highest BCUT2D eigenvalue weighted by atomic mass is 28.3. The van der Waals surface area contributed by atoms with Gasteiger partial charge in [-0.05, 0) is 137 Å². The second-order valence-electron chi connectivity index (χ2n) is 18.8. The summed E-state index contributed by atoms with van der Waals surface area (Å²) in [4.78, 5) is 2.44. The van der Waals surface area contributed by atoms with Crippen LogP contribution in [0, 0.1) is 0 Å². The molecule has 0 atom stereocenters. The normalized spacial score (nSPS) is 13.4. The summed E-state index contributed by atoms with van der Waals surface area (Å²) in [6, 6.07) is 82.0. The van der Waals surface area contributed by atoms with E-state index in [1.807, 2.05) is 0 Å². The minimum Gasteiger partial charge on any atom is -0.311 e. The quantitative estimate of drug-likeness (QED) is 0.157. The maximum Gasteiger partial charge on any atom is 0.113 e. The van der Waals surface area contributed by atoms with Gasteiger partial charge in [-0.2, -0.15) is 0 Å². The Labute approximate surface area is 384 Å². The molecular weight excluding hydrogens is 813 g/mol. The van der Waals surface area contributed by atoms with E-state index in [9.17, 15) is 0 Å². The SMILES string of the molecule is C[Si]1(C)c2ccccc2-c2ccc(N(c3ccc(-c4ccccc4)cc3)c3ccc(-c4ccc5c(c4)c4cccc6c7cccc8c7c7c(cccc7c7ccccc7n5c64)C8)cc3)cc21. The van der Waals surface area contributed by atoms with Crippen LogP contribution in [0.3, 0.4) is 0 Å². The van der Waals surface area contributed by atoms with E-state index < -0.39 is 8.07 Å². The molecular formula is C63H44N2Si. The van der Waals surface area contributed by atoms with Gasteiger partial charge in [0.2, 0.25) is 0 Å². The first-order valence-electron chi connectivity index (χ1n) is 23.2. The molecule has 1 aliphatic heterocycles. The van der Waals surface area contributed by atoms with Gasteiger partial charge in [0.15, 0.2) is 0 Å². The van der Waals surface area contributed by atoms with E-state index in [0.717, 1.165) is 17.8 Å². The Kier molecular flexibility index (Phi) is 7.94. The van der Waals surface area contributed by atoms with Crippen molar-refractivity contribution in [3.8, 4) is 33.4 Å². The van der Waals surface area contributed by atoms with E-state index >= 15 is 0 Å². The molecule has 0 saturated heterocycles. The molecule has 12 aromatic rings. The van der Waals surface area contributed by atoms with Crippen LogP contribution in [0.5, 0.6) is 0 Å². The van der Waals surface area contributed by atoms with Crippen LogP contribution in [-0.2, 0) is 6.42 Å². The van der Waals surface area contributed by atoms with E-state index in [4.69, 9.17) is 0 Å². The zero-order valence-corrected chi connectivity index (χ0v) is 37.9. The summed E-state index contributed by atoms with van der Waals surface area (Å²) in [5.41, 5.74) is 17.6. The summed E-state index contributed by atoms with van der Waals surface area (Å²) in [6.07, 6.45) is 0.968. The molecule has 66 heavy (non-hydrogen) atoms. The topological polar surface area (TPSA) is 7.65 Å². The number of benzene rings is 10. The van der Waals surface area contributed by atoms with Gasteiger partial charge in [0.1, 0.15) is 8.07 Å².